The molecule has 2 aromatic rings. The van der Waals surface area contributed by atoms with Gasteiger partial charge in [-0.05, 0) is 36.4 Å². The van der Waals surface area contributed by atoms with E-state index in [1.807, 2.05) is 20.8 Å². The number of non-ortho nitro benzene ring substituents is 1. The molecule has 29 heavy (non-hydrogen) atoms. The summed E-state index contributed by atoms with van der Waals surface area (Å²) < 4.78 is 16.1. The summed E-state index contributed by atoms with van der Waals surface area (Å²) in [5, 5.41) is 10.7. The Kier molecular flexibility index (Phi) is 6.76. The van der Waals surface area contributed by atoms with Crippen molar-refractivity contribution in [3.8, 4) is 11.5 Å². The van der Waals surface area contributed by atoms with Gasteiger partial charge in [0.25, 0.3) is 5.69 Å². The van der Waals surface area contributed by atoms with E-state index < -0.39 is 28.5 Å². The molecule has 0 saturated carbocycles. The van der Waals surface area contributed by atoms with E-state index in [0.717, 1.165) is 0 Å². The first-order chi connectivity index (χ1) is 13.6. The predicted molar refractivity (Wildman–Crippen MR) is 104 cm³/mol. The van der Waals surface area contributed by atoms with Crippen LogP contribution in [0.5, 0.6) is 11.5 Å². The van der Waals surface area contributed by atoms with Crippen LogP contribution in [0.25, 0.3) is 0 Å². The van der Waals surface area contributed by atoms with Gasteiger partial charge in [0, 0.05) is 23.1 Å². The number of nitrogens with two attached hydrogens (primary N) is 1. The lowest BCUT2D eigenvalue weighted by molar-refractivity contribution is -0.384. The van der Waals surface area contributed by atoms with Gasteiger partial charge in [-0.15, -0.1) is 0 Å². The molecule has 0 spiro atoms. The second-order valence-corrected chi connectivity index (χ2v) is 7.28. The first-order valence-corrected chi connectivity index (χ1v) is 8.72. The molecule has 0 fully saturated rings. The lowest BCUT2D eigenvalue weighted by atomic mass is 9.89. The molecule has 0 aliphatic rings. The van der Waals surface area contributed by atoms with Gasteiger partial charge in [0.2, 0.25) is 5.91 Å². The highest BCUT2D eigenvalue weighted by Gasteiger charge is 2.30. The summed E-state index contributed by atoms with van der Waals surface area (Å²) in [4.78, 5) is 33.4. The number of rotatable bonds is 7. The fraction of sp³-hybridized carbons (Fsp3) is 0.300. The number of nitro groups is 1. The van der Waals surface area contributed by atoms with E-state index in [1.54, 1.807) is 12.1 Å². The number of carbonyl (C=O) groups excluding carboxylic acids is 2. The normalized spacial score (nSPS) is 12.0. The summed E-state index contributed by atoms with van der Waals surface area (Å²) in [5.74, 6) is 0.0641. The van der Waals surface area contributed by atoms with E-state index in [0.29, 0.717) is 11.3 Å². The van der Waals surface area contributed by atoms with Gasteiger partial charge in [0.15, 0.2) is 0 Å². The minimum Gasteiger partial charge on any atom is -0.490 e. The molecule has 1 atom stereocenters. The van der Waals surface area contributed by atoms with Crippen LogP contribution >= 0.6 is 0 Å². The molecule has 1 amide bonds. The van der Waals surface area contributed by atoms with E-state index in [1.165, 1.54) is 36.4 Å². The Bertz CT molecular complexity index is 871. The van der Waals surface area contributed by atoms with Crippen molar-refractivity contribution in [1.29, 1.82) is 0 Å². The SMILES string of the molecule is CC(C)(C)C(COc1ccc(C(N)=O)cc1)OC(=O)Oc1ccc([N+](=O)[O-])cc1. The number of nitro benzene ring substituents is 1. The van der Waals surface area contributed by atoms with Crippen molar-refractivity contribution < 1.29 is 28.7 Å². The maximum absolute atomic E-state index is 12.1. The summed E-state index contributed by atoms with van der Waals surface area (Å²) in [7, 11) is 0. The van der Waals surface area contributed by atoms with Crippen molar-refractivity contribution in [3.05, 3.63) is 64.2 Å². The van der Waals surface area contributed by atoms with Crippen LogP contribution in [-0.2, 0) is 4.74 Å². The molecule has 9 nitrogen and oxygen atoms in total. The molecular weight excluding hydrogens is 380 g/mol. The lowest BCUT2D eigenvalue weighted by Gasteiger charge is -2.29. The molecule has 154 valence electrons. The van der Waals surface area contributed by atoms with Gasteiger partial charge < -0.3 is 19.9 Å². The van der Waals surface area contributed by atoms with E-state index in [4.69, 9.17) is 19.9 Å². The van der Waals surface area contributed by atoms with Crippen LogP contribution in [0.1, 0.15) is 31.1 Å². The van der Waals surface area contributed by atoms with Crippen molar-refractivity contribution in [2.75, 3.05) is 6.61 Å². The van der Waals surface area contributed by atoms with Crippen LogP contribution in [0.2, 0.25) is 0 Å². The fourth-order valence-electron chi connectivity index (χ4n) is 2.22. The summed E-state index contributed by atoms with van der Waals surface area (Å²) in [6.07, 6.45) is -1.60. The van der Waals surface area contributed by atoms with Gasteiger partial charge in [-0.1, -0.05) is 20.8 Å². The third-order valence-electron chi connectivity index (χ3n) is 3.99. The number of amides is 1. The Morgan fingerprint density at radius 3 is 2.07 bits per heavy atom. The Balaban J connectivity index is 1.98. The molecular formula is C20H22N2O7. The van der Waals surface area contributed by atoms with Gasteiger partial charge in [-0.25, -0.2) is 4.79 Å². The molecule has 1 unspecified atom stereocenters. The monoisotopic (exact) mass is 402 g/mol. The van der Waals surface area contributed by atoms with Gasteiger partial charge in [-0.2, -0.15) is 0 Å². The minimum atomic E-state index is -0.952. The van der Waals surface area contributed by atoms with E-state index in [2.05, 4.69) is 0 Å². The quantitative estimate of drug-likeness (QED) is 0.323. The summed E-state index contributed by atoms with van der Waals surface area (Å²) in [5.41, 5.74) is 4.98. The molecule has 0 bridgehead atoms. The molecule has 0 radical (unpaired) electrons. The number of benzene rings is 2. The average Bonchev–Trinajstić information content (AvgIpc) is 2.65. The maximum atomic E-state index is 12.1. The van der Waals surface area contributed by atoms with Crippen LogP contribution in [0.15, 0.2) is 48.5 Å². The van der Waals surface area contributed by atoms with Crippen LogP contribution in [0.3, 0.4) is 0 Å². The topological polar surface area (TPSA) is 131 Å². The Morgan fingerprint density at radius 1 is 1.03 bits per heavy atom. The Hall–Kier alpha value is -3.62. The second kappa shape index (κ2) is 9.05. The highest BCUT2D eigenvalue weighted by molar-refractivity contribution is 5.92. The first-order valence-electron chi connectivity index (χ1n) is 8.72. The van der Waals surface area contributed by atoms with E-state index in [-0.39, 0.29) is 18.0 Å². The van der Waals surface area contributed by atoms with E-state index >= 15 is 0 Å². The summed E-state index contributed by atoms with van der Waals surface area (Å²) in [6, 6.07) is 11.3. The molecule has 0 aliphatic heterocycles. The third kappa shape index (κ3) is 6.49. The minimum absolute atomic E-state index is 0.0504. The maximum Gasteiger partial charge on any atom is 0.514 e. The van der Waals surface area contributed by atoms with Crippen LogP contribution in [-0.4, -0.2) is 29.7 Å². The molecule has 0 aliphatic carbocycles. The third-order valence-corrected chi connectivity index (χ3v) is 3.99. The predicted octanol–water partition coefficient (Wildman–Crippen LogP) is 3.70. The van der Waals surface area contributed by atoms with E-state index in [9.17, 15) is 19.7 Å². The van der Waals surface area contributed by atoms with Crippen LogP contribution in [0, 0.1) is 15.5 Å². The zero-order chi connectivity index (χ0) is 21.6. The summed E-state index contributed by atoms with van der Waals surface area (Å²) >= 11 is 0. The average molecular weight is 402 g/mol. The molecule has 0 saturated heterocycles. The highest BCUT2D eigenvalue weighted by Crippen LogP contribution is 2.25. The van der Waals surface area contributed by atoms with Crippen molar-refractivity contribution in [1.82, 2.24) is 0 Å². The number of primary amides is 1. The molecule has 2 rings (SSSR count). The first kappa shape index (κ1) is 21.7. The largest absolute Gasteiger partial charge is 0.514 e. The smallest absolute Gasteiger partial charge is 0.490 e. The van der Waals surface area contributed by atoms with Crippen molar-refractivity contribution in [2.45, 2.75) is 26.9 Å². The molecule has 0 aromatic heterocycles. The summed E-state index contributed by atoms with van der Waals surface area (Å²) in [6.45, 7) is 5.66. The molecule has 2 aromatic carbocycles. The number of hydrogen-bond donors (Lipinski definition) is 1. The fourth-order valence-corrected chi connectivity index (χ4v) is 2.22. The molecule has 0 heterocycles. The highest BCUT2D eigenvalue weighted by atomic mass is 16.7. The van der Waals surface area contributed by atoms with Gasteiger partial charge in [0.05, 0.1) is 4.92 Å². The Labute approximate surface area is 167 Å². The second-order valence-electron chi connectivity index (χ2n) is 7.28. The van der Waals surface area contributed by atoms with Crippen LogP contribution in [0.4, 0.5) is 10.5 Å². The zero-order valence-electron chi connectivity index (χ0n) is 16.3. The number of ether oxygens (including phenoxy) is 3. The van der Waals surface area contributed by atoms with Crippen molar-refractivity contribution in [3.63, 3.8) is 0 Å². The van der Waals surface area contributed by atoms with Gasteiger partial charge >= 0.3 is 6.16 Å². The number of carbonyl (C=O) groups is 2. The van der Waals surface area contributed by atoms with Crippen molar-refractivity contribution >= 4 is 17.7 Å². The standard InChI is InChI=1S/C20H22N2O7/c1-20(2,3)17(12-27-15-8-4-13(5-9-15)18(21)23)29-19(24)28-16-10-6-14(7-11-16)22(25)26/h4-11,17H,12H2,1-3H3,(H2,21,23). The lowest BCUT2D eigenvalue weighted by Crippen LogP contribution is -2.37. The molecule has 2 N–H and O–H groups in total. The molecule has 9 heteroatoms. The van der Waals surface area contributed by atoms with Crippen molar-refractivity contribution in [2.24, 2.45) is 11.1 Å². The zero-order valence-corrected chi connectivity index (χ0v) is 16.3. The number of nitrogens with zero attached hydrogens (tertiary/aromatic N) is 1. The van der Waals surface area contributed by atoms with Crippen LogP contribution < -0.4 is 15.2 Å². The van der Waals surface area contributed by atoms with Gasteiger partial charge in [-0.3, -0.25) is 14.9 Å². The number of hydrogen-bond acceptors (Lipinski definition) is 7. The Morgan fingerprint density at radius 2 is 1.59 bits per heavy atom. The van der Waals surface area contributed by atoms with Gasteiger partial charge in [0.1, 0.15) is 24.2 Å².